The molecule has 0 radical (unpaired) electrons. The maximum absolute atomic E-state index is 12.7. The van der Waals surface area contributed by atoms with Crippen LogP contribution in [0.25, 0.3) is 0 Å². The number of amides is 1. The lowest BCUT2D eigenvalue weighted by Crippen LogP contribution is -2.45. The average Bonchev–Trinajstić information content (AvgIpc) is 2.52. The van der Waals surface area contributed by atoms with Crippen molar-refractivity contribution in [1.82, 2.24) is 4.90 Å². The third-order valence-electron chi connectivity index (χ3n) is 4.31. The molecule has 1 aliphatic rings. The van der Waals surface area contributed by atoms with Crippen molar-refractivity contribution in [2.75, 3.05) is 0 Å². The zero-order valence-corrected chi connectivity index (χ0v) is 14.7. The standard InChI is InChI=1S/C19H27NO4/c1-19(2,3)24-18(23)20(13-14-7-5-4-6-8-14)16-11-9-15(10-12-16)17(21)22/h4-8,15-16H,9-13H2,1-3H3,(H,21,22). The van der Waals surface area contributed by atoms with Gasteiger partial charge in [-0.3, -0.25) is 4.79 Å². The molecular weight excluding hydrogens is 306 g/mol. The zero-order chi connectivity index (χ0) is 17.7. The van der Waals surface area contributed by atoms with E-state index in [0.29, 0.717) is 32.2 Å². The molecule has 132 valence electrons. The van der Waals surface area contributed by atoms with Gasteiger partial charge < -0.3 is 14.7 Å². The Hall–Kier alpha value is -2.04. The highest BCUT2D eigenvalue weighted by atomic mass is 16.6. The number of aliphatic carboxylic acids is 1. The number of carbonyl (C=O) groups is 2. The molecule has 1 N–H and O–H groups in total. The molecule has 5 heteroatoms. The third-order valence-corrected chi connectivity index (χ3v) is 4.31. The molecule has 1 aromatic rings. The summed E-state index contributed by atoms with van der Waals surface area (Å²) in [5, 5.41) is 9.16. The highest BCUT2D eigenvalue weighted by Gasteiger charge is 2.33. The van der Waals surface area contributed by atoms with E-state index in [1.807, 2.05) is 51.1 Å². The van der Waals surface area contributed by atoms with Crippen LogP contribution in [-0.4, -0.2) is 33.7 Å². The van der Waals surface area contributed by atoms with Crippen molar-refractivity contribution in [1.29, 1.82) is 0 Å². The van der Waals surface area contributed by atoms with E-state index in [-0.39, 0.29) is 18.1 Å². The number of benzene rings is 1. The first-order valence-corrected chi connectivity index (χ1v) is 8.52. The van der Waals surface area contributed by atoms with E-state index in [9.17, 15) is 9.59 Å². The molecule has 1 aromatic carbocycles. The molecule has 0 bridgehead atoms. The minimum atomic E-state index is -0.736. The minimum Gasteiger partial charge on any atom is -0.481 e. The van der Waals surface area contributed by atoms with Crippen LogP contribution < -0.4 is 0 Å². The number of hydrogen-bond acceptors (Lipinski definition) is 3. The Bertz CT molecular complexity index is 556. The predicted molar refractivity (Wildman–Crippen MR) is 91.6 cm³/mol. The van der Waals surface area contributed by atoms with Crippen molar-refractivity contribution < 1.29 is 19.4 Å². The van der Waals surface area contributed by atoms with Crippen LogP contribution in [0.5, 0.6) is 0 Å². The summed E-state index contributed by atoms with van der Waals surface area (Å²) in [6, 6.07) is 9.84. The number of rotatable bonds is 4. The lowest BCUT2D eigenvalue weighted by Gasteiger charge is -2.37. The van der Waals surface area contributed by atoms with Crippen LogP contribution in [0.15, 0.2) is 30.3 Å². The largest absolute Gasteiger partial charge is 0.481 e. The van der Waals surface area contributed by atoms with Gasteiger partial charge in [-0.15, -0.1) is 0 Å². The Balaban J connectivity index is 2.11. The highest BCUT2D eigenvalue weighted by molar-refractivity contribution is 5.70. The molecule has 1 saturated carbocycles. The van der Waals surface area contributed by atoms with Gasteiger partial charge in [-0.05, 0) is 52.0 Å². The van der Waals surface area contributed by atoms with Gasteiger partial charge in [0.15, 0.2) is 0 Å². The summed E-state index contributed by atoms with van der Waals surface area (Å²) in [6.07, 6.45) is 2.28. The zero-order valence-electron chi connectivity index (χ0n) is 14.7. The Kier molecular flexibility index (Phi) is 5.86. The van der Waals surface area contributed by atoms with Crippen molar-refractivity contribution >= 4 is 12.1 Å². The molecule has 1 fully saturated rings. The van der Waals surface area contributed by atoms with Gasteiger partial charge >= 0.3 is 12.1 Å². The van der Waals surface area contributed by atoms with Crippen molar-refractivity contribution in [2.24, 2.45) is 5.92 Å². The van der Waals surface area contributed by atoms with E-state index in [1.165, 1.54) is 0 Å². The summed E-state index contributed by atoms with van der Waals surface area (Å²) in [7, 11) is 0. The van der Waals surface area contributed by atoms with E-state index in [2.05, 4.69) is 0 Å². The molecule has 0 unspecified atom stereocenters. The molecule has 0 heterocycles. The van der Waals surface area contributed by atoms with E-state index >= 15 is 0 Å². The number of nitrogens with zero attached hydrogens (tertiary/aromatic N) is 1. The summed E-state index contributed by atoms with van der Waals surface area (Å²) in [5.41, 5.74) is 0.494. The van der Waals surface area contributed by atoms with E-state index in [0.717, 1.165) is 5.56 Å². The SMILES string of the molecule is CC(C)(C)OC(=O)N(Cc1ccccc1)C1CCC(C(=O)O)CC1. The Morgan fingerprint density at radius 3 is 2.21 bits per heavy atom. The Morgan fingerprint density at radius 2 is 1.71 bits per heavy atom. The van der Waals surface area contributed by atoms with Gasteiger partial charge in [0.05, 0.1) is 5.92 Å². The Labute approximate surface area is 143 Å². The van der Waals surface area contributed by atoms with E-state index in [4.69, 9.17) is 9.84 Å². The monoisotopic (exact) mass is 333 g/mol. The fourth-order valence-electron chi connectivity index (χ4n) is 3.08. The van der Waals surface area contributed by atoms with Crippen LogP contribution in [0.4, 0.5) is 4.79 Å². The van der Waals surface area contributed by atoms with Gasteiger partial charge in [-0.1, -0.05) is 30.3 Å². The molecule has 24 heavy (non-hydrogen) atoms. The van der Waals surface area contributed by atoms with Crippen molar-refractivity contribution in [3.63, 3.8) is 0 Å². The fraction of sp³-hybridized carbons (Fsp3) is 0.579. The fourth-order valence-corrected chi connectivity index (χ4v) is 3.08. The predicted octanol–water partition coefficient (Wildman–Crippen LogP) is 4.07. The summed E-state index contributed by atoms with van der Waals surface area (Å²) in [4.78, 5) is 25.6. The lowest BCUT2D eigenvalue weighted by molar-refractivity contribution is -0.143. The van der Waals surface area contributed by atoms with Crippen LogP contribution in [0, 0.1) is 5.92 Å². The number of ether oxygens (including phenoxy) is 1. The van der Waals surface area contributed by atoms with E-state index < -0.39 is 11.6 Å². The average molecular weight is 333 g/mol. The summed E-state index contributed by atoms with van der Waals surface area (Å²) in [6.45, 7) is 6.05. The minimum absolute atomic E-state index is 0.0238. The maximum atomic E-state index is 12.7. The molecule has 1 aliphatic carbocycles. The van der Waals surface area contributed by atoms with Gasteiger partial charge in [0.1, 0.15) is 5.60 Å². The highest BCUT2D eigenvalue weighted by Crippen LogP contribution is 2.29. The maximum Gasteiger partial charge on any atom is 0.410 e. The van der Waals surface area contributed by atoms with Crippen molar-refractivity contribution in [2.45, 2.75) is 64.6 Å². The van der Waals surface area contributed by atoms with Gasteiger partial charge in [0, 0.05) is 12.6 Å². The summed E-state index contributed by atoms with van der Waals surface area (Å²) in [5.74, 6) is -1.03. The molecule has 0 saturated heterocycles. The summed E-state index contributed by atoms with van der Waals surface area (Å²) < 4.78 is 5.57. The van der Waals surface area contributed by atoms with Gasteiger partial charge in [0.2, 0.25) is 0 Å². The second-order valence-corrected chi connectivity index (χ2v) is 7.44. The van der Waals surface area contributed by atoms with Crippen LogP contribution in [0.1, 0.15) is 52.0 Å². The van der Waals surface area contributed by atoms with Gasteiger partial charge in [-0.25, -0.2) is 4.79 Å². The van der Waals surface area contributed by atoms with Crippen LogP contribution >= 0.6 is 0 Å². The molecule has 0 aliphatic heterocycles. The number of carbonyl (C=O) groups excluding carboxylic acids is 1. The number of carboxylic acids is 1. The van der Waals surface area contributed by atoms with Crippen LogP contribution in [0.2, 0.25) is 0 Å². The van der Waals surface area contributed by atoms with E-state index in [1.54, 1.807) is 4.90 Å². The summed E-state index contributed by atoms with van der Waals surface area (Å²) >= 11 is 0. The topological polar surface area (TPSA) is 66.8 Å². The molecule has 0 spiro atoms. The normalized spacial score (nSPS) is 21.1. The van der Waals surface area contributed by atoms with Gasteiger partial charge in [-0.2, -0.15) is 0 Å². The van der Waals surface area contributed by atoms with Gasteiger partial charge in [0.25, 0.3) is 0 Å². The molecule has 5 nitrogen and oxygen atoms in total. The molecule has 1 amide bonds. The Morgan fingerprint density at radius 1 is 1.12 bits per heavy atom. The van der Waals surface area contributed by atoms with Crippen LogP contribution in [-0.2, 0) is 16.1 Å². The molecular formula is C19H27NO4. The molecule has 2 rings (SSSR count). The van der Waals surface area contributed by atoms with Crippen molar-refractivity contribution in [3.05, 3.63) is 35.9 Å². The first-order chi connectivity index (χ1) is 11.3. The number of hydrogen-bond donors (Lipinski definition) is 1. The molecule has 0 atom stereocenters. The quantitative estimate of drug-likeness (QED) is 0.902. The second kappa shape index (κ2) is 7.69. The first kappa shape index (κ1) is 18.3. The lowest BCUT2D eigenvalue weighted by atomic mass is 9.85. The number of carboxylic acid groups (broad SMARTS) is 1. The second-order valence-electron chi connectivity index (χ2n) is 7.44. The third kappa shape index (κ3) is 5.25. The van der Waals surface area contributed by atoms with Crippen LogP contribution in [0.3, 0.4) is 0 Å². The molecule has 0 aromatic heterocycles. The first-order valence-electron chi connectivity index (χ1n) is 8.52. The van der Waals surface area contributed by atoms with Crippen molar-refractivity contribution in [3.8, 4) is 0 Å². The smallest absolute Gasteiger partial charge is 0.410 e.